The van der Waals surface area contributed by atoms with Crippen molar-refractivity contribution in [2.24, 2.45) is 5.92 Å². The topological polar surface area (TPSA) is 49.3 Å². The second kappa shape index (κ2) is 5.12. The molecule has 2 N–H and O–H groups in total. The molecule has 0 heterocycles. The standard InChI is InChI=1S/C13H17NO2/c15-12(10-6-4-5-7-10)13(16)14-11-8-2-1-3-9-11/h1-3,8-10,12,15H,4-7H2,(H,14,16)/t12-/m0/s1. The van der Waals surface area contributed by atoms with Crippen LogP contribution in [0.2, 0.25) is 0 Å². The van der Waals surface area contributed by atoms with Crippen LogP contribution in [0.3, 0.4) is 0 Å². The average molecular weight is 219 g/mol. The fourth-order valence-electron chi connectivity index (χ4n) is 2.22. The second-order valence-electron chi connectivity index (χ2n) is 4.34. The van der Waals surface area contributed by atoms with Crippen LogP contribution in [0.1, 0.15) is 25.7 Å². The molecule has 1 amide bonds. The molecule has 1 fully saturated rings. The van der Waals surface area contributed by atoms with Crippen molar-refractivity contribution in [3.63, 3.8) is 0 Å². The molecule has 0 aromatic heterocycles. The Morgan fingerprint density at radius 1 is 1.25 bits per heavy atom. The Morgan fingerprint density at radius 3 is 2.50 bits per heavy atom. The molecule has 86 valence electrons. The summed E-state index contributed by atoms with van der Waals surface area (Å²) in [5.74, 6) is -0.137. The van der Waals surface area contributed by atoms with Crippen molar-refractivity contribution in [1.82, 2.24) is 0 Å². The quantitative estimate of drug-likeness (QED) is 0.818. The first kappa shape index (κ1) is 11.1. The number of nitrogens with one attached hydrogen (secondary N) is 1. The zero-order chi connectivity index (χ0) is 11.4. The number of hydrogen-bond acceptors (Lipinski definition) is 2. The maximum absolute atomic E-state index is 11.7. The number of aliphatic hydroxyl groups is 1. The Balaban J connectivity index is 1.92. The third-order valence-electron chi connectivity index (χ3n) is 3.16. The highest BCUT2D eigenvalue weighted by molar-refractivity contribution is 5.94. The summed E-state index contributed by atoms with van der Waals surface area (Å²) in [5, 5.41) is 12.6. The molecule has 0 unspecified atom stereocenters. The summed E-state index contributed by atoms with van der Waals surface area (Å²) in [7, 11) is 0. The summed E-state index contributed by atoms with van der Waals surface area (Å²) in [6.45, 7) is 0. The van der Waals surface area contributed by atoms with Crippen LogP contribution in [-0.2, 0) is 4.79 Å². The Labute approximate surface area is 95.5 Å². The lowest BCUT2D eigenvalue weighted by Gasteiger charge is -2.16. The molecule has 1 atom stereocenters. The van der Waals surface area contributed by atoms with Crippen LogP contribution in [0.15, 0.2) is 30.3 Å². The van der Waals surface area contributed by atoms with Crippen LogP contribution >= 0.6 is 0 Å². The first-order valence-corrected chi connectivity index (χ1v) is 5.81. The molecule has 0 spiro atoms. The van der Waals surface area contributed by atoms with E-state index in [2.05, 4.69) is 5.32 Å². The minimum absolute atomic E-state index is 0.142. The molecule has 1 saturated carbocycles. The average Bonchev–Trinajstić information content (AvgIpc) is 2.83. The number of carbonyl (C=O) groups excluding carboxylic acids is 1. The smallest absolute Gasteiger partial charge is 0.253 e. The summed E-state index contributed by atoms with van der Waals surface area (Å²) in [6.07, 6.45) is 3.32. The Kier molecular flexibility index (Phi) is 3.57. The third kappa shape index (κ3) is 2.61. The van der Waals surface area contributed by atoms with Gasteiger partial charge in [0.05, 0.1) is 0 Å². The molecule has 0 saturated heterocycles. The van der Waals surface area contributed by atoms with E-state index in [1.807, 2.05) is 30.3 Å². The van der Waals surface area contributed by atoms with E-state index in [4.69, 9.17) is 0 Å². The molecule has 3 heteroatoms. The number of para-hydroxylation sites is 1. The van der Waals surface area contributed by atoms with Crippen molar-refractivity contribution >= 4 is 11.6 Å². The number of hydrogen-bond donors (Lipinski definition) is 2. The van der Waals surface area contributed by atoms with Crippen molar-refractivity contribution in [1.29, 1.82) is 0 Å². The van der Waals surface area contributed by atoms with Crippen LogP contribution in [-0.4, -0.2) is 17.1 Å². The van der Waals surface area contributed by atoms with Crippen molar-refractivity contribution < 1.29 is 9.90 Å². The monoisotopic (exact) mass is 219 g/mol. The minimum Gasteiger partial charge on any atom is -0.383 e. The van der Waals surface area contributed by atoms with Crippen molar-refractivity contribution in [2.45, 2.75) is 31.8 Å². The second-order valence-corrected chi connectivity index (χ2v) is 4.34. The maximum atomic E-state index is 11.7. The highest BCUT2D eigenvalue weighted by Crippen LogP contribution is 2.28. The first-order valence-electron chi connectivity index (χ1n) is 5.81. The van der Waals surface area contributed by atoms with Gasteiger partial charge < -0.3 is 10.4 Å². The molecule has 0 radical (unpaired) electrons. The van der Waals surface area contributed by atoms with E-state index in [1.54, 1.807) is 0 Å². The van der Waals surface area contributed by atoms with Crippen molar-refractivity contribution in [2.75, 3.05) is 5.32 Å². The predicted octanol–water partition coefficient (Wildman–Crippen LogP) is 2.18. The van der Waals surface area contributed by atoms with Crippen LogP contribution in [0.25, 0.3) is 0 Å². The lowest BCUT2D eigenvalue weighted by atomic mass is 10.0. The van der Waals surface area contributed by atoms with Crippen LogP contribution in [0.5, 0.6) is 0 Å². The van der Waals surface area contributed by atoms with Gasteiger partial charge in [-0.15, -0.1) is 0 Å². The van der Waals surface area contributed by atoms with Crippen LogP contribution in [0.4, 0.5) is 5.69 Å². The van der Waals surface area contributed by atoms with Crippen molar-refractivity contribution in [3.05, 3.63) is 30.3 Å². The van der Waals surface area contributed by atoms with Gasteiger partial charge >= 0.3 is 0 Å². The molecule has 1 aliphatic rings. The molecule has 1 aromatic rings. The van der Waals surface area contributed by atoms with Gasteiger partial charge in [-0.25, -0.2) is 0 Å². The van der Waals surface area contributed by atoms with Crippen LogP contribution in [0, 0.1) is 5.92 Å². The number of rotatable bonds is 3. The first-order chi connectivity index (χ1) is 7.77. The molecule has 0 aliphatic heterocycles. The number of anilines is 1. The minimum atomic E-state index is -0.859. The predicted molar refractivity (Wildman–Crippen MR) is 63.0 cm³/mol. The molecule has 0 bridgehead atoms. The number of benzene rings is 1. The number of amides is 1. The molecular formula is C13H17NO2. The van der Waals surface area contributed by atoms with E-state index in [9.17, 15) is 9.90 Å². The molecular weight excluding hydrogens is 202 g/mol. The SMILES string of the molecule is O=C(Nc1ccccc1)[C@@H](O)C1CCCC1. The normalized spacial score (nSPS) is 18.3. The summed E-state index contributed by atoms with van der Waals surface area (Å²) < 4.78 is 0. The Morgan fingerprint density at radius 2 is 1.88 bits per heavy atom. The van der Waals surface area contributed by atoms with Gasteiger partial charge in [0.1, 0.15) is 6.10 Å². The lowest BCUT2D eigenvalue weighted by molar-refractivity contribution is -0.126. The highest BCUT2D eigenvalue weighted by Gasteiger charge is 2.28. The Bertz CT molecular complexity index is 344. The summed E-state index contributed by atoms with van der Waals surface area (Å²) >= 11 is 0. The van der Waals surface area contributed by atoms with Gasteiger partial charge in [0.2, 0.25) is 0 Å². The fourth-order valence-corrected chi connectivity index (χ4v) is 2.22. The highest BCUT2D eigenvalue weighted by atomic mass is 16.3. The third-order valence-corrected chi connectivity index (χ3v) is 3.16. The summed E-state index contributed by atoms with van der Waals surface area (Å²) in [6, 6.07) is 9.25. The van der Waals surface area contributed by atoms with Crippen molar-refractivity contribution in [3.8, 4) is 0 Å². The van der Waals surface area contributed by atoms with Gasteiger partial charge in [0.15, 0.2) is 0 Å². The van der Waals surface area contributed by atoms with E-state index >= 15 is 0 Å². The Hall–Kier alpha value is -1.35. The molecule has 1 aliphatic carbocycles. The number of carbonyl (C=O) groups is 1. The van der Waals surface area contributed by atoms with Crippen LogP contribution < -0.4 is 5.32 Å². The largest absolute Gasteiger partial charge is 0.383 e. The number of aliphatic hydroxyl groups excluding tert-OH is 1. The van der Waals surface area contributed by atoms with E-state index in [-0.39, 0.29) is 11.8 Å². The van der Waals surface area contributed by atoms with Gasteiger partial charge in [-0.1, -0.05) is 31.0 Å². The fraction of sp³-hybridized carbons (Fsp3) is 0.462. The zero-order valence-electron chi connectivity index (χ0n) is 9.23. The lowest BCUT2D eigenvalue weighted by Crippen LogP contribution is -2.33. The van der Waals surface area contributed by atoms with Gasteiger partial charge in [-0.05, 0) is 30.9 Å². The zero-order valence-corrected chi connectivity index (χ0v) is 9.23. The molecule has 2 rings (SSSR count). The molecule has 16 heavy (non-hydrogen) atoms. The summed E-state index contributed by atoms with van der Waals surface area (Å²) in [4.78, 5) is 11.7. The van der Waals surface area contributed by atoms with E-state index < -0.39 is 6.10 Å². The van der Waals surface area contributed by atoms with Gasteiger partial charge in [0.25, 0.3) is 5.91 Å². The molecule has 1 aromatic carbocycles. The maximum Gasteiger partial charge on any atom is 0.253 e. The van der Waals surface area contributed by atoms with Gasteiger partial charge in [0, 0.05) is 5.69 Å². The van der Waals surface area contributed by atoms with E-state index in [0.717, 1.165) is 31.4 Å². The van der Waals surface area contributed by atoms with E-state index in [1.165, 1.54) is 0 Å². The van der Waals surface area contributed by atoms with E-state index in [0.29, 0.717) is 0 Å². The summed E-state index contributed by atoms with van der Waals surface area (Å²) in [5.41, 5.74) is 0.740. The van der Waals surface area contributed by atoms with Gasteiger partial charge in [-0.2, -0.15) is 0 Å². The molecule has 3 nitrogen and oxygen atoms in total. The van der Waals surface area contributed by atoms with Gasteiger partial charge in [-0.3, -0.25) is 4.79 Å².